The van der Waals surface area contributed by atoms with Gasteiger partial charge in [-0.15, -0.1) is 0 Å². The number of allylic oxidation sites excluding steroid dienone is 1. The monoisotopic (exact) mass is 546 g/mol. The maximum Gasteiger partial charge on any atom is 0.405 e. The molecule has 0 aromatic heterocycles. The minimum absolute atomic E-state index is 0.0530. The van der Waals surface area contributed by atoms with Crippen molar-refractivity contribution in [1.29, 1.82) is 0 Å². The lowest BCUT2D eigenvalue weighted by Gasteiger charge is -2.18. The van der Waals surface area contributed by atoms with Gasteiger partial charge in [0.05, 0.1) is 10.6 Å². The molecule has 0 saturated heterocycles. The van der Waals surface area contributed by atoms with E-state index in [4.69, 9.17) is 34.8 Å². The summed E-state index contributed by atoms with van der Waals surface area (Å²) in [6, 6.07) is 8.60. The second-order valence-electron chi connectivity index (χ2n) is 8.56. The highest BCUT2D eigenvalue weighted by atomic mass is 35.5. The van der Waals surface area contributed by atoms with Gasteiger partial charge in [0, 0.05) is 16.0 Å². The van der Waals surface area contributed by atoms with Gasteiger partial charge in [-0.05, 0) is 67.1 Å². The Hall–Kier alpha value is -2.22. The van der Waals surface area contributed by atoms with E-state index in [-0.39, 0.29) is 29.3 Å². The summed E-state index contributed by atoms with van der Waals surface area (Å²) >= 11 is 18.9. The van der Waals surface area contributed by atoms with Gasteiger partial charge in [-0.3, -0.25) is 9.59 Å². The normalized spacial score (nSPS) is 15.7. The van der Waals surface area contributed by atoms with Crippen LogP contribution in [0.5, 0.6) is 0 Å². The van der Waals surface area contributed by atoms with Gasteiger partial charge in [0.1, 0.15) is 12.1 Å². The van der Waals surface area contributed by atoms with Gasteiger partial charge in [0.25, 0.3) is 5.91 Å². The number of nitrogens with one attached hydrogen (secondary N) is 2. The zero-order valence-corrected chi connectivity index (χ0v) is 21.3. The van der Waals surface area contributed by atoms with E-state index < -0.39 is 30.1 Å². The first kappa shape index (κ1) is 27.4. The molecule has 0 heterocycles. The van der Waals surface area contributed by atoms with E-state index in [9.17, 15) is 22.8 Å². The first-order valence-electron chi connectivity index (χ1n) is 11.0. The van der Waals surface area contributed by atoms with Gasteiger partial charge in [0.2, 0.25) is 5.91 Å². The fourth-order valence-electron chi connectivity index (χ4n) is 3.58. The van der Waals surface area contributed by atoms with Crippen LogP contribution in [0.3, 0.4) is 0 Å². The number of rotatable bonds is 8. The Balaban J connectivity index is 1.70. The Morgan fingerprint density at radius 3 is 2.23 bits per heavy atom. The Bertz CT molecular complexity index is 1140. The van der Waals surface area contributed by atoms with Gasteiger partial charge in [0.15, 0.2) is 0 Å². The molecule has 2 amide bonds. The van der Waals surface area contributed by atoms with E-state index >= 15 is 0 Å². The molecule has 188 valence electrons. The summed E-state index contributed by atoms with van der Waals surface area (Å²) < 4.78 is 37.2. The van der Waals surface area contributed by atoms with Crippen LogP contribution in [0.4, 0.5) is 13.2 Å². The highest BCUT2D eigenvalue weighted by Crippen LogP contribution is 2.37. The predicted molar refractivity (Wildman–Crippen MR) is 133 cm³/mol. The Morgan fingerprint density at radius 1 is 1.09 bits per heavy atom. The van der Waals surface area contributed by atoms with Gasteiger partial charge < -0.3 is 10.6 Å². The maximum absolute atomic E-state index is 12.7. The second-order valence-corrected chi connectivity index (χ2v) is 9.78. The Kier molecular flexibility index (Phi) is 8.45. The van der Waals surface area contributed by atoms with E-state index in [1.165, 1.54) is 6.07 Å². The Morgan fingerprint density at radius 2 is 1.71 bits per heavy atom. The number of carbonyl (C=O) groups excluding carboxylic acids is 2. The van der Waals surface area contributed by atoms with E-state index in [1.807, 2.05) is 43.4 Å². The molecule has 4 nitrogen and oxygen atoms in total. The molecule has 2 N–H and O–H groups in total. The standard InChI is InChI=1S/C25H24Cl3F3N2O2/c1-3-16(17-11-19(26)14(2)20(27)12-17)6-4-15-5-7-18(21(28)10-15)22(34)33-24(8-9-24)23(35)32-13-25(29,30)31/h4-7,10-12,16H,3,8-9,13H2,1-2H3,(H,32,35)(H,33,34)/b6-4+. The lowest BCUT2D eigenvalue weighted by Crippen LogP contribution is -2.50. The van der Waals surface area contributed by atoms with Gasteiger partial charge in [-0.1, -0.05) is 59.9 Å². The van der Waals surface area contributed by atoms with E-state index in [0.717, 1.165) is 23.1 Å². The van der Waals surface area contributed by atoms with Gasteiger partial charge in [-0.2, -0.15) is 13.2 Å². The number of carbonyl (C=O) groups is 2. The first-order chi connectivity index (χ1) is 16.3. The molecule has 1 aliphatic rings. The van der Waals surface area contributed by atoms with Crippen molar-refractivity contribution in [3.63, 3.8) is 0 Å². The SMILES string of the molecule is CCC(/C=C/c1ccc(C(=O)NC2(C(=O)NCC(F)(F)F)CC2)c(Cl)c1)c1cc(Cl)c(C)c(Cl)c1. The lowest BCUT2D eigenvalue weighted by atomic mass is 9.94. The largest absolute Gasteiger partial charge is 0.405 e. The minimum Gasteiger partial charge on any atom is -0.345 e. The molecule has 1 aliphatic carbocycles. The number of hydrogen-bond acceptors (Lipinski definition) is 2. The van der Waals surface area contributed by atoms with E-state index in [2.05, 4.69) is 5.32 Å². The van der Waals surface area contributed by atoms with Crippen LogP contribution in [-0.2, 0) is 4.79 Å². The molecule has 35 heavy (non-hydrogen) atoms. The van der Waals surface area contributed by atoms with Crippen LogP contribution >= 0.6 is 34.8 Å². The van der Waals surface area contributed by atoms with Crippen molar-refractivity contribution in [2.75, 3.05) is 6.54 Å². The van der Waals surface area contributed by atoms with Crippen LogP contribution in [0.15, 0.2) is 36.4 Å². The molecule has 3 rings (SSSR count). The van der Waals surface area contributed by atoms with Crippen LogP contribution in [0.2, 0.25) is 15.1 Å². The molecule has 2 aromatic rings. The average molecular weight is 548 g/mol. The maximum atomic E-state index is 12.7. The summed E-state index contributed by atoms with van der Waals surface area (Å²) in [5, 5.41) is 5.70. The molecule has 1 saturated carbocycles. The van der Waals surface area contributed by atoms with Crippen molar-refractivity contribution in [1.82, 2.24) is 10.6 Å². The molecule has 1 atom stereocenters. The summed E-state index contributed by atoms with van der Waals surface area (Å²) in [6.45, 7) is 2.44. The number of hydrogen-bond donors (Lipinski definition) is 2. The van der Waals surface area contributed by atoms with Gasteiger partial charge in [-0.25, -0.2) is 0 Å². The predicted octanol–water partition coefficient (Wildman–Crippen LogP) is 7.10. The quantitative estimate of drug-likeness (QED) is 0.370. The number of benzene rings is 2. The average Bonchev–Trinajstić information content (AvgIpc) is 3.56. The molecule has 0 aliphatic heterocycles. The highest BCUT2D eigenvalue weighted by molar-refractivity contribution is 6.36. The van der Waals surface area contributed by atoms with Crippen molar-refractivity contribution in [3.05, 3.63) is 73.7 Å². The minimum atomic E-state index is -4.53. The highest BCUT2D eigenvalue weighted by Gasteiger charge is 2.52. The third-order valence-electron chi connectivity index (χ3n) is 5.92. The zero-order chi connectivity index (χ0) is 26.0. The summed E-state index contributed by atoms with van der Waals surface area (Å²) in [5.74, 6) is -1.43. The zero-order valence-electron chi connectivity index (χ0n) is 19.0. The summed E-state index contributed by atoms with van der Waals surface area (Å²) in [6.07, 6.45) is 0.651. The molecule has 10 heteroatoms. The molecular weight excluding hydrogens is 524 g/mol. The molecule has 0 radical (unpaired) electrons. The molecule has 1 unspecified atom stereocenters. The van der Waals surface area contributed by atoms with Crippen LogP contribution in [-0.4, -0.2) is 30.1 Å². The molecule has 0 bridgehead atoms. The Labute approximate surface area is 216 Å². The van der Waals surface area contributed by atoms with Crippen molar-refractivity contribution in [2.45, 2.75) is 50.7 Å². The second kappa shape index (κ2) is 10.8. The summed E-state index contributed by atoms with van der Waals surface area (Å²) in [5.41, 5.74) is 1.34. The number of halogens is 6. The molecule has 1 fully saturated rings. The number of amides is 2. The summed E-state index contributed by atoms with van der Waals surface area (Å²) in [4.78, 5) is 24.8. The van der Waals surface area contributed by atoms with E-state index in [1.54, 1.807) is 12.1 Å². The van der Waals surface area contributed by atoms with E-state index in [0.29, 0.717) is 10.0 Å². The fraction of sp³-hybridized carbons (Fsp3) is 0.360. The molecular formula is C25H24Cl3F3N2O2. The third-order valence-corrected chi connectivity index (χ3v) is 7.01. The van der Waals surface area contributed by atoms with Crippen molar-refractivity contribution < 1.29 is 22.8 Å². The number of alkyl halides is 3. The van der Waals surface area contributed by atoms with Crippen molar-refractivity contribution in [3.8, 4) is 0 Å². The van der Waals surface area contributed by atoms with Crippen molar-refractivity contribution in [2.24, 2.45) is 0 Å². The summed E-state index contributed by atoms with van der Waals surface area (Å²) in [7, 11) is 0. The lowest BCUT2D eigenvalue weighted by molar-refractivity contribution is -0.140. The van der Waals surface area contributed by atoms with Crippen LogP contribution in [0.1, 0.15) is 59.2 Å². The van der Waals surface area contributed by atoms with Crippen LogP contribution < -0.4 is 10.6 Å². The smallest absolute Gasteiger partial charge is 0.345 e. The van der Waals surface area contributed by atoms with Gasteiger partial charge >= 0.3 is 6.18 Å². The third kappa shape index (κ3) is 6.93. The van der Waals surface area contributed by atoms with Crippen LogP contribution in [0.25, 0.3) is 6.08 Å². The molecule has 0 spiro atoms. The van der Waals surface area contributed by atoms with Crippen LogP contribution in [0, 0.1) is 6.92 Å². The fourth-order valence-corrected chi connectivity index (χ4v) is 4.36. The van der Waals surface area contributed by atoms with Crippen molar-refractivity contribution >= 4 is 52.7 Å². The molecule has 2 aromatic carbocycles. The topological polar surface area (TPSA) is 58.2 Å². The first-order valence-corrected chi connectivity index (χ1v) is 12.1.